The molecule has 1 aromatic heterocycles. The van der Waals surface area contributed by atoms with Crippen LogP contribution < -0.4 is 0 Å². The lowest BCUT2D eigenvalue weighted by Crippen LogP contribution is -2.21. The monoisotopic (exact) mass is 273 g/mol. The SMILES string of the molecule is CCc1ccc2c(c1)nc(CN1CCCC1)n2CCO. The van der Waals surface area contributed by atoms with Crippen molar-refractivity contribution < 1.29 is 5.11 Å². The van der Waals surface area contributed by atoms with Gasteiger partial charge < -0.3 is 9.67 Å². The van der Waals surface area contributed by atoms with Gasteiger partial charge >= 0.3 is 0 Å². The lowest BCUT2D eigenvalue weighted by molar-refractivity contribution is 0.268. The number of aromatic nitrogens is 2. The first-order valence-electron chi connectivity index (χ1n) is 7.63. The average molecular weight is 273 g/mol. The van der Waals surface area contributed by atoms with Crippen LogP contribution in [0.1, 0.15) is 31.2 Å². The van der Waals surface area contributed by atoms with Gasteiger partial charge in [-0.25, -0.2) is 4.98 Å². The van der Waals surface area contributed by atoms with Crippen LogP contribution in [0.5, 0.6) is 0 Å². The van der Waals surface area contributed by atoms with E-state index in [1.54, 1.807) is 0 Å². The van der Waals surface area contributed by atoms with Gasteiger partial charge in [-0.15, -0.1) is 0 Å². The summed E-state index contributed by atoms with van der Waals surface area (Å²) in [5, 5.41) is 9.32. The standard InChI is InChI=1S/C16H23N3O/c1-2-13-5-6-15-14(11-13)17-16(19(15)9-10-20)12-18-7-3-4-8-18/h5-6,11,20H,2-4,7-10,12H2,1H3. The Bertz CT molecular complexity index is 585. The molecule has 0 radical (unpaired) electrons. The molecule has 4 nitrogen and oxygen atoms in total. The predicted molar refractivity (Wildman–Crippen MR) is 80.7 cm³/mol. The second-order valence-corrected chi connectivity index (χ2v) is 5.56. The van der Waals surface area contributed by atoms with Crippen molar-refractivity contribution in [1.29, 1.82) is 0 Å². The first-order valence-corrected chi connectivity index (χ1v) is 7.63. The Hall–Kier alpha value is -1.39. The maximum Gasteiger partial charge on any atom is 0.124 e. The number of rotatable bonds is 5. The van der Waals surface area contributed by atoms with Gasteiger partial charge in [0.25, 0.3) is 0 Å². The van der Waals surface area contributed by atoms with Crippen molar-refractivity contribution in [2.24, 2.45) is 0 Å². The number of benzene rings is 1. The fourth-order valence-electron chi connectivity index (χ4n) is 3.06. The summed E-state index contributed by atoms with van der Waals surface area (Å²) in [5.74, 6) is 1.09. The molecule has 1 saturated heterocycles. The van der Waals surface area contributed by atoms with Crippen LogP contribution in [0.2, 0.25) is 0 Å². The molecular weight excluding hydrogens is 250 g/mol. The van der Waals surface area contributed by atoms with Crippen LogP contribution in [0.3, 0.4) is 0 Å². The van der Waals surface area contributed by atoms with Gasteiger partial charge in [0.05, 0.1) is 24.2 Å². The number of aliphatic hydroxyl groups excluding tert-OH is 1. The number of hydrogen-bond donors (Lipinski definition) is 1. The van der Waals surface area contributed by atoms with E-state index in [2.05, 4.69) is 34.6 Å². The molecule has 0 bridgehead atoms. The summed E-state index contributed by atoms with van der Waals surface area (Å²) in [5.41, 5.74) is 3.52. The molecule has 0 saturated carbocycles. The molecule has 1 aliphatic heterocycles. The molecule has 0 unspecified atom stereocenters. The third-order valence-electron chi connectivity index (χ3n) is 4.19. The van der Waals surface area contributed by atoms with Crippen LogP contribution in [0.25, 0.3) is 11.0 Å². The quantitative estimate of drug-likeness (QED) is 0.908. The van der Waals surface area contributed by atoms with Crippen molar-refractivity contribution in [2.45, 2.75) is 39.3 Å². The zero-order valence-electron chi connectivity index (χ0n) is 12.2. The molecule has 1 aliphatic rings. The maximum absolute atomic E-state index is 9.32. The Labute approximate surface area is 120 Å². The smallest absolute Gasteiger partial charge is 0.124 e. The molecule has 0 atom stereocenters. The first kappa shape index (κ1) is 13.6. The lowest BCUT2D eigenvalue weighted by atomic mass is 10.1. The van der Waals surface area contributed by atoms with Crippen LogP contribution >= 0.6 is 0 Å². The summed E-state index contributed by atoms with van der Waals surface area (Å²) in [6.45, 7) is 6.19. The third kappa shape index (κ3) is 2.58. The Morgan fingerprint density at radius 2 is 2.05 bits per heavy atom. The van der Waals surface area contributed by atoms with Crippen LogP contribution in [0.15, 0.2) is 18.2 Å². The topological polar surface area (TPSA) is 41.3 Å². The molecule has 108 valence electrons. The van der Waals surface area contributed by atoms with E-state index in [4.69, 9.17) is 4.98 Å². The summed E-state index contributed by atoms with van der Waals surface area (Å²) < 4.78 is 2.17. The zero-order valence-corrected chi connectivity index (χ0v) is 12.2. The highest BCUT2D eigenvalue weighted by atomic mass is 16.3. The fourth-order valence-corrected chi connectivity index (χ4v) is 3.06. The van der Waals surface area contributed by atoms with Gasteiger partial charge in [0.2, 0.25) is 0 Å². The number of hydrogen-bond acceptors (Lipinski definition) is 3. The van der Waals surface area contributed by atoms with E-state index in [-0.39, 0.29) is 6.61 Å². The highest BCUT2D eigenvalue weighted by Crippen LogP contribution is 2.20. The molecule has 2 aromatic rings. The van der Waals surface area contributed by atoms with Crippen LogP contribution in [-0.4, -0.2) is 39.3 Å². The summed E-state index contributed by atoms with van der Waals surface area (Å²) in [6, 6.07) is 6.48. The van der Waals surface area contributed by atoms with E-state index in [9.17, 15) is 5.11 Å². The van der Waals surface area contributed by atoms with Crippen molar-refractivity contribution in [2.75, 3.05) is 19.7 Å². The highest BCUT2D eigenvalue weighted by Gasteiger charge is 2.17. The number of aryl methyl sites for hydroxylation is 1. The van der Waals surface area contributed by atoms with Gasteiger partial charge in [0.1, 0.15) is 5.82 Å². The minimum Gasteiger partial charge on any atom is -0.395 e. The number of nitrogens with zero attached hydrogens (tertiary/aromatic N) is 3. The molecule has 0 amide bonds. The van der Waals surface area contributed by atoms with Crippen LogP contribution in [0.4, 0.5) is 0 Å². The van der Waals surface area contributed by atoms with E-state index in [0.29, 0.717) is 6.54 Å². The highest BCUT2D eigenvalue weighted by molar-refractivity contribution is 5.77. The van der Waals surface area contributed by atoms with Crippen LogP contribution in [0, 0.1) is 0 Å². The normalized spacial score (nSPS) is 16.3. The minimum absolute atomic E-state index is 0.161. The van der Waals surface area contributed by atoms with E-state index in [1.807, 2.05) is 0 Å². The van der Waals surface area contributed by atoms with Crippen molar-refractivity contribution in [3.8, 4) is 0 Å². The van der Waals surface area contributed by atoms with Crippen molar-refractivity contribution in [3.63, 3.8) is 0 Å². The summed E-state index contributed by atoms with van der Waals surface area (Å²) in [7, 11) is 0. The Morgan fingerprint density at radius 3 is 2.75 bits per heavy atom. The molecule has 1 fully saturated rings. The first-order chi connectivity index (χ1) is 9.81. The molecule has 20 heavy (non-hydrogen) atoms. The molecule has 1 aromatic carbocycles. The largest absolute Gasteiger partial charge is 0.395 e. The van der Waals surface area contributed by atoms with E-state index in [1.165, 1.54) is 31.5 Å². The summed E-state index contributed by atoms with van der Waals surface area (Å²) >= 11 is 0. The van der Waals surface area contributed by atoms with E-state index >= 15 is 0 Å². The molecule has 3 rings (SSSR count). The predicted octanol–water partition coefficient (Wildman–Crippen LogP) is 2.19. The number of likely N-dealkylation sites (tertiary alicyclic amines) is 1. The molecule has 0 spiro atoms. The number of imidazole rings is 1. The van der Waals surface area contributed by atoms with Crippen LogP contribution in [-0.2, 0) is 19.5 Å². The second kappa shape index (κ2) is 5.94. The molecule has 2 heterocycles. The van der Waals surface area contributed by atoms with E-state index in [0.717, 1.165) is 29.8 Å². The Kier molecular flexibility index (Phi) is 4.03. The second-order valence-electron chi connectivity index (χ2n) is 5.56. The maximum atomic E-state index is 9.32. The van der Waals surface area contributed by atoms with Crippen molar-refractivity contribution >= 4 is 11.0 Å². The summed E-state index contributed by atoms with van der Waals surface area (Å²) in [6.07, 6.45) is 3.62. The molecular formula is C16H23N3O. The average Bonchev–Trinajstić information content (AvgIpc) is 3.08. The van der Waals surface area contributed by atoms with Gasteiger partial charge in [0.15, 0.2) is 0 Å². The van der Waals surface area contributed by atoms with Gasteiger partial charge in [-0.3, -0.25) is 4.90 Å². The Morgan fingerprint density at radius 1 is 1.25 bits per heavy atom. The molecule has 0 aliphatic carbocycles. The summed E-state index contributed by atoms with van der Waals surface area (Å²) in [4.78, 5) is 7.27. The van der Waals surface area contributed by atoms with E-state index < -0.39 is 0 Å². The van der Waals surface area contributed by atoms with Gasteiger partial charge in [-0.05, 0) is 50.0 Å². The molecule has 4 heteroatoms. The van der Waals surface area contributed by atoms with Crippen molar-refractivity contribution in [1.82, 2.24) is 14.5 Å². The van der Waals surface area contributed by atoms with Gasteiger partial charge in [0, 0.05) is 6.54 Å². The fraction of sp³-hybridized carbons (Fsp3) is 0.562. The number of fused-ring (bicyclic) bond motifs is 1. The molecule has 1 N–H and O–H groups in total. The number of aliphatic hydroxyl groups is 1. The van der Waals surface area contributed by atoms with Crippen molar-refractivity contribution in [3.05, 3.63) is 29.6 Å². The lowest BCUT2D eigenvalue weighted by Gasteiger charge is -2.15. The Balaban J connectivity index is 1.97. The third-order valence-corrected chi connectivity index (χ3v) is 4.19. The van der Waals surface area contributed by atoms with Gasteiger partial charge in [-0.1, -0.05) is 13.0 Å². The zero-order chi connectivity index (χ0) is 13.9. The minimum atomic E-state index is 0.161. The van der Waals surface area contributed by atoms with Gasteiger partial charge in [-0.2, -0.15) is 0 Å².